The number of aromatic nitrogens is 8. The highest BCUT2D eigenvalue weighted by Crippen LogP contribution is 2.40. The van der Waals surface area contributed by atoms with Crippen LogP contribution >= 0.6 is 22.6 Å². The fourth-order valence-electron chi connectivity index (χ4n) is 7.17. The molecule has 0 aliphatic carbocycles. The number of nitrogens with one attached hydrogen (secondary N) is 2. The van der Waals surface area contributed by atoms with E-state index in [-0.39, 0.29) is 16.2 Å². The molecule has 9 rings (SSSR count). The average Bonchev–Trinajstić information content (AvgIpc) is 3.81. The number of aromatic amines is 2. The first kappa shape index (κ1) is 33.8. The van der Waals surface area contributed by atoms with Gasteiger partial charge in [-0.3, -0.25) is 0 Å². The van der Waals surface area contributed by atoms with E-state index in [2.05, 4.69) is 168 Å². The van der Waals surface area contributed by atoms with Crippen LogP contribution in [0.1, 0.15) is 79.0 Å². The van der Waals surface area contributed by atoms with Gasteiger partial charge in [-0.25, -0.2) is 29.9 Å². The Balaban J connectivity index is 1.47. The monoisotopic (exact) mass is 808 g/mol. The van der Waals surface area contributed by atoms with E-state index in [1.165, 1.54) is 16.7 Å². The summed E-state index contributed by atoms with van der Waals surface area (Å²) in [5, 5.41) is 3.88. The van der Waals surface area contributed by atoms with Crippen molar-refractivity contribution in [2.45, 2.75) is 78.6 Å². The van der Waals surface area contributed by atoms with Crippen LogP contribution in [0.15, 0.2) is 72.8 Å². The molecule has 0 unspecified atom stereocenters. The molecule has 4 aromatic carbocycles. The second-order valence-electron chi connectivity index (χ2n) is 17.3. The fraction of sp³-hybridized carbons (Fsp3) is 0.273. The Hall–Kier alpha value is -5.03. The zero-order chi connectivity index (χ0) is 37.2. The number of fused-ring (bicyclic) bond motifs is 20. The first-order valence-electron chi connectivity index (χ1n) is 18.1. The lowest BCUT2D eigenvalue weighted by molar-refractivity contribution is 0.590. The molecule has 0 spiro atoms. The van der Waals surface area contributed by atoms with Gasteiger partial charge >= 0.3 is 0 Å². The zero-order valence-corrected chi connectivity index (χ0v) is 33.6. The largest absolute Gasteiger partial charge is 0.324 e. The standard InChI is InChI=1S/C44H41IN8/c1-42(2,3)22-10-14-26-30(18-22)38-47-34(26)46-37-29-17-13-25(45)21-33(29)41(52-37)53-40-32-20-24(44(7,8)9)12-16-28(32)36(51-40)50-39-31-19-23(43(4,5)6)11-15-27(31)35(48-38)49-39/h10-21H,1-9H3,(H2,46,47,48,49,50,51,52,53). The van der Waals surface area contributed by atoms with Crippen LogP contribution in [0.25, 0.3) is 89.7 Å². The Morgan fingerprint density at radius 3 is 1.19 bits per heavy atom. The molecule has 2 N–H and O–H groups in total. The van der Waals surface area contributed by atoms with Gasteiger partial charge in [0.05, 0.1) is 0 Å². The Morgan fingerprint density at radius 1 is 0.377 bits per heavy atom. The van der Waals surface area contributed by atoms with Crippen LogP contribution in [0.4, 0.5) is 0 Å². The van der Waals surface area contributed by atoms with Crippen molar-refractivity contribution in [1.82, 2.24) is 39.9 Å². The quantitative estimate of drug-likeness (QED) is 0.148. The van der Waals surface area contributed by atoms with Crippen LogP contribution in [0, 0.1) is 3.57 Å². The SMILES string of the molecule is CC(C)(C)c1ccc2c(c1)-c1nc-2nc2[nH]c(nc3nc(nc4[nH]c(n1)c1ccc(C(C)(C)C)cc41)-c1cc(I)ccc1-3)c1ccc(C(C)(C)C)cc21. The van der Waals surface area contributed by atoms with Crippen molar-refractivity contribution in [2.75, 3.05) is 0 Å². The molecule has 0 amide bonds. The maximum absolute atomic E-state index is 5.29. The van der Waals surface area contributed by atoms with Crippen LogP contribution in [-0.4, -0.2) is 39.9 Å². The molecule has 8 bridgehead atoms. The average molecular weight is 809 g/mol. The van der Waals surface area contributed by atoms with Crippen LogP contribution in [0.2, 0.25) is 0 Å². The van der Waals surface area contributed by atoms with Crippen molar-refractivity contribution >= 4 is 66.7 Å². The molecule has 3 aromatic heterocycles. The summed E-state index contributed by atoms with van der Waals surface area (Å²) in [5.74, 6) is 2.41. The second-order valence-corrected chi connectivity index (χ2v) is 18.6. The lowest BCUT2D eigenvalue weighted by Crippen LogP contribution is -2.10. The summed E-state index contributed by atoms with van der Waals surface area (Å²) in [6.45, 7) is 20.0. The van der Waals surface area contributed by atoms with E-state index < -0.39 is 0 Å². The van der Waals surface area contributed by atoms with Crippen LogP contribution in [0.5, 0.6) is 0 Å². The molecule has 8 nitrogen and oxygen atoms in total. The number of hydrogen-bond acceptors (Lipinski definition) is 6. The molecular formula is C44H41IN8. The first-order valence-corrected chi connectivity index (χ1v) is 19.2. The Kier molecular flexibility index (Phi) is 7.32. The predicted octanol–water partition coefficient (Wildman–Crippen LogP) is 11.4. The zero-order valence-electron chi connectivity index (χ0n) is 31.5. The summed E-state index contributed by atoms with van der Waals surface area (Å²) in [4.78, 5) is 38.5. The Morgan fingerprint density at radius 2 is 0.736 bits per heavy atom. The van der Waals surface area contributed by atoms with Gasteiger partial charge in [0, 0.05) is 47.4 Å². The third kappa shape index (κ3) is 5.71. The van der Waals surface area contributed by atoms with E-state index in [1.54, 1.807) is 0 Å². The topological polar surface area (TPSA) is 109 Å². The van der Waals surface area contributed by atoms with E-state index in [9.17, 15) is 0 Å². The maximum Gasteiger partial charge on any atom is 0.164 e. The van der Waals surface area contributed by atoms with Crippen LogP contribution in [-0.2, 0) is 16.2 Å². The molecule has 0 saturated carbocycles. The van der Waals surface area contributed by atoms with Gasteiger partial charge in [0.25, 0.3) is 0 Å². The molecule has 0 radical (unpaired) electrons. The molecule has 264 valence electrons. The van der Waals surface area contributed by atoms with Gasteiger partial charge in [-0.05, 0) is 91.9 Å². The Labute approximate surface area is 322 Å². The normalized spacial score (nSPS) is 13.1. The van der Waals surface area contributed by atoms with E-state index in [1.807, 2.05) is 0 Å². The minimum Gasteiger partial charge on any atom is -0.324 e. The molecule has 5 heterocycles. The van der Waals surface area contributed by atoms with Gasteiger partial charge in [-0.15, -0.1) is 0 Å². The summed E-state index contributed by atoms with van der Waals surface area (Å²) < 4.78 is 1.10. The molecule has 2 aliphatic rings. The van der Waals surface area contributed by atoms with Gasteiger partial charge in [0.2, 0.25) is 0 Å². The molecule has 0 saturated heterocycles. The van der Waals surface area contributed by atoms with Gasteiger partial charge in [0.1, 0.15) is 22.6 Å². The first-order chi connectivity index (χ1) is 25.0. The van der Waals surface area contributed by atoms with E-state index in [0.29, 0.717) is 45.9 Å². The Bertz CT molecular complexity index is 2860. The minimum absolute atomic E-state index is 0.0575. The summed E-state index contributed by atoms with van der Waals surface area (Å²) in [5.41, 5.74) is 9.96. The van der Waals surface area contributed by atoms with Crippen molar-refractivity contribution in [3.8, 4) is 45.6 Å². The van der Waals surface area contributed by atoms with E-state index in [4.69, 9.17) is 29.9 Å². The lowest BCUT2D eigenvalue weighted by atomic mass is 9.85. The lowest BCUT2D eigenvalue weighted by Gasteiger charge is -2.19. The van der Waals surface area contributed by atoms with Crippen molar-refractivity contribution in [1.29, 1.82) is 0 Å². The molecule has 53 heavy (non-hydrogen) atoms. The number of nitrogens with zero attached hydrogens (tertiary/aromatic N) is 6. The van der Waals surface area contributed by atoms with Gasteiger partial charge in [-0.2, -0.15) is 0 Å². The van der Waals surface area contributed by atoms with Crippen LogP contribution < -0.4 is 0 Å². The van der Waals surface area contributed by atoms with Crippen molar-refractivity contribution in [3.05, 3.63) is 93.1 Å². The molecule has 2 aliphatic heterocycles. The van der Waals surface area contributed by atoms with Crippen LogP contribution in [0.3, 0.4) is 0 Å². The minimum atomic E-state index is -0.0644. The molecule has 0 fully saturated rings. The number of hydrogen-bond donors (Lipinski definition) is 2. The van der Waals surface area contributed by atoms with E-state index in [0.717, 1.165) is 47.4 Å². The maximum atomic E-state index is 5.29. The molecular weight excluding hydrogens is 767 g/mol. The number of H-pyrrole nitrogens is 2. The van der Waals surface area contributed by atoms with Gasteiger partial charge in [0.15, 0.2) is 23.3 Å². The summed E-state index contributed by atoms with van der Waals surface area (Å²) in [7, 11) is 0. The van der Waals surface area contributed by atoms with Crippen molar-refractivity contribution < 1.29 is 0 Å². The van der Waals surface area contributed by atoms with E-state index >= 15 is 0 Å². The summed E-state index contributed by atoms with van der Waals surface area (Å²) in [6.07, 6.45) is 0. The number of halogens is 1. The highest BCUT2D eigenvalue weighted by atomic mass is 127. The molecule has 0 atom stereocenters. The molecule has 7 aromatic rings. The second kappa shape index (κ2) is 11.5. The third-order valence-electron chi connectivity index (χ3n) is 10.4. The highest BCUT2D eigenvalue weighted by molar-refractivity contribution is 14.1. The summed E-state index contributed by atoms with van der Waals surface area (Å²) in [6, 6.07) is 26.0. The highest BCUT2D eigenvalue weighted by Gasteiger charge is 2.26. The summed E-state index contributed by atoms with van der Waals surface area (Å²) >= 11 is 2.35. The number of benzene rings is 4. The predicted molar refractivity (Wildman–Crippen MR) is 225 cm³/mol. The van der Waals surface area contributed by atoms with Crippen molar-refractivity contribution in [3.63, 3.8) is 0 Å². The fourth-order valence-corrected chi connectivity index (χ4v) is 7.66. The smallest absolute Gasteiger partial charge is 0.164 e. The van der Waals surface area contributed by atoms with Crippen molar-refractivity contribution in [2.24, 2.45) is 0 Å². The van der Waals surface area contributed by atoms with Gasteiger partial charge in [-0.1, -0.05) is 98.7 Å². The third-order valence-corrected chi connectivity index (χ3v) is 11.1. The number of rotatable bonds is 0. The molecule has 9 heteroatoms. The van der Waals surface area contributed by atoms with Gasteiger partial charge < -0.3 is 9.97 Å².